The maximum Gasteiger partial charge on any atom is 0.338 e. The lowest BCUT2D eigenvalue weighted by Gasteiger charge is -2.08. The predicted molar refractivity (Wildman–Crippen MR) is 71.8 cm³/mol. The van der Waals surface area contributed by atoms with E-state index in [2.05, 4.69) is 13.8 Å². The fourth-order valence-corrected chi connectivity index (χ4v) is 1.60. The van der Waals surface area contributed by atoms with Crippen molar-refractivity contribution in [2.45, 2.75) is 26.7 Å². The number of carbonyl (C=O) groups is 1. The molecule has 0 atom stereocenters. The van der Waals surface area contributed by atoms with E-state index >= 15 is 0 Å². The van der Waals surface area contributed by atoms with Crippen LogP contribution in [0.15, 0.2) is 18.2 Å². The van der Waals surface area contributed by atoms with Crippen LogP contribution in [0.4, 0.5) is 5.69 Å². The van der Waals surface area contributed by atoms with E-state index in [4.69, 9.17) is 15.2 Å². The summed E-state index contributed by atoms with van der Waals surface area (Å²) in [5.41, 5.74) is 6.60. The summed E-state index contributed by atoms with van der Waals surface area (Å²) in [6.45, 7) is 4.73. The van der Waals surface area contributed by atoms with Crippen LogP contribution in [0, 0.1) is 5.92 Å². The number of esters is 1. The smallest absolute Gasteiger partial charge is 0.338 e. The van der Waals surface area contributed by atoms with Gasteiger partial charge >= 0.3 is 5.97 Å². The molecule has 0 fully saturated rings. The minimum Gasteiger partial charge on any atom is -0.497 e. The molecule has 100 valence electrons. The Morgan fingerprint density at radius 3 is 2.67 bits per heavy atom. The third kappa shape index (κ3) is 4.65. The summed E-state index contributed by atoms with van der Waals surface area (Å²) in [6, 6.07) is 4.88. The average Bonchev–Trinajstić information content (AvgIpc) is 2.33. The van der Waals surface area contributed by atoms with E-state index in [1.54, 1.807) is 18.2 Å². The van der Waals surface area contributed by atoms with Gasteiger partial charge in [-0.15, -0.1) is 0 Å². The summed E-state index contributed by atoms with van der Waals surface area (Å²) in [7, 11) is 1.53. The molecule has 4 nitrogen and oxygen atoms in total. The minimum atomic E-state index is -0.357. The van der Waals surface area contributed by atoms with Gasteiger partial charge in [0, 0.05) is 11.8 Å². The lowest BCUT2D eigenvalue weighted by atomic mass is 10.1. The van der Waals surface area contributed by atoms with Crippen LogP contribution in [-0.4, -0.2) is 19.7 Å². The van der Waals surface area contributed by atoms with Gasteiger partial charge in [0.05, 0.1) is 19.3 Å². The van der Waals surface area contributed by atoms with Gasteiger partial charge in [-0.05, 0) is 30.9 Å². The molecule has 1 rings (SSSR count). The van der Waals surface area contributed by atoms with Crippen LogP contribution < -0.4 is 10.5 Å². The van der Waals surface area contributed by atoms with Crippen molar-refractivity contribution in [3.63, 3.8) is 0 Å². The second-order valence-electron chi connectivity index (χ2n) is 4.67. The molecular formula is C14H21NO3. The van der Waals surface area contributed by atoms with E-state index in [1.165, 1.54) is 7.11 Å². The molecule has 1 aromatic carbocycles. The molecule has 0 aliphatic carbocycles. The number of ether oxygens (including phenoxy) is 2. The first-order valence-corrected chi connectivity index (χ1v) is 6.14. The van der Waals surface area contributed by atoms with Crippen molar-refractivity contribution in [3.05, 3.63) is 23.8 Å². The van der Waals surface area contributed by atoms with Gasteiger partial charge in [0.2, 0.25) is 0 Å². The first kappa shape index (κ1) is 14.4. The molecule has 0 aromatic heterocycles. The van der Waals surface area contributed by atoms with E-state index in [0.29, 0.717) is 29.5 Å². The van der Waals surface area contributed by atoms with E-state index in [9.17, 15) is 4.79 Å². The van der Waals surface area contributed by atoms with Crippen LogP contribution in [0.25, 0.3) is 0 Å². The van der Waals surface area contributed by atoms with Crippen molar-refractivity contribution in [2.24, 2.45) is 5.92 Å². The molecule has 0 heterocycles. The maximum absolute atomic E-state index is 11.8. The maximum atomic E-state index is 11.8. The van der Waals surface area contributed by atoms with Gasteiger partial charge < -0.3 is 15.2 Å². The molecular weight excluding hydrogens is 230 g/mol. The Hall–Kier alpha value is -1.71. The molecule has 2 N–H and O–H groups in total. The van der Waals surface area contributed by atoms with Crippen LogP contribution in [0.2, 0.25) is 0 Å². The highest BCUT2D eigenvalue weighted by Gasteiger charge is 2.09. The Labute approximate surface area is 108 Å². The molecule has 4 heteroatoms. The molecule has 0 amide bonds. The third-order valence-electron chi connectivity index (χ3n) is 2.56. The van der Waals surface area contributed by atoms with Crippen molar-refractivity contribution in [1.29, 1.82) is 0 Å². The van der Waals surface area contributed by atoms with Gasteiger partial charge in [-0.3, -0.25) is 0 Å². The van der Waals surface area contributed by atoms with Gasteiger partial charge in [0.25, 0.3) is 0 Å². The number of nitrogen functional groups attached to an aromatic ring is 1. The molecule has 0 aliphatic heterocycles. The predicted octanol–water partition coefficient (Wildman–Crippen LogP) is 2.87. The molecule has 1 aromatic rings. The summed E-state index contributed by atoms with van der Waals surface area (Å²) < 4.78 is 10.2. The first-order chi connectivity index (χ1) is 8.52. The average molecular weight is 251 g/mol. The number of anilines is 1. The molecule has 0 spiro atoms. The SMILES string of the molecule is COc1cc(N)cc(C(=O)OCCCC(C)C)c1. The zero-order valence-corrected chi connectivity index (χ0v) is 11.2. The number of nitrogens with two attached hydrogens (primary N) is 1. The first-order valence-electron chi connectivity index (χ1n) is 6.14. The number of benzene rings is 1. The zero-order chi connectivity index (χ0) is 13.5. The lowest BCUT2D eigenvalue weighted by molar-refractivity contribution is 0.0494. The monoisotopic (exact) mass is 251 g/mol. The van der Waals surface area contributed by atoms with Gasteiger partial charge in [-0.1, -0.05) is 13.8 Å². The molecule has 0 radical (unpaired) electrons. The van der Waals surface area contributed by atoms with E-state index in [1.807, 2.05) is 0 Å². The van der Waals surface area contributed by atoms with Gasteiger partial charge in [-0.2, -0.15) is 0 Å². The number of rotatable bonds is 6. The largest absolute Gasteiger partial charge is 0.497 e. The van der Waals surface area contributed by atoms with Crippen molar-refractivity contribution in [1.82, 2.24) is 0 Å². The van der Waals surface area contributed by atoms with Crippen LogP contribution in [0.1, 0.15) is 37.0 Å². The van der Waals surface area contributed by atoms with E-state index in [-0.39, 0.29) is 5.97 Å². The van der Waals surface area contributed by atoms with E-state index in [0.717, 1.165) is 12.8 Å². The number of hydrogen-bond donors (Lipinski definition) is 1. The Morgan fingerprint density at radius 2 is 2.06 bits per heavy atom. The summed E-state index contributed by atoms with van der Waals surface area (Å²) in [5.74, 6) is 0.824. The highest BCUT2D eigenvalue weighted by atomic mass is 16.5. The van der Waals surface area contributed by atoms with Crippen LogP contribution in [0.3, 0.4) is 0 Å². The van der Waals surface area contributed by atoms with Crippen molar-refractivity contribution < 1.29 is 14.3 Å². The van der Waals surface area contributed by atoms with Gasteiger partial charge in [-0.25, -0.2) is 4.79 Å². The van der Waals surface area contributed by atoms with Crippen LogP contribution in [0.5, 0.6) is 5.75 Å². The van der Waals surface area contributed by atoms with Gasteiger partial charge in [0.15, 0.2) is 0 Å². The number of methoxy groups -OCH3 is 1. The standard InChI is InChI=1S/C14H21NO3/c1-10(2)5-4-6-18-14(16)11-7-12(15)9-13(8-11)17-3/h7-10H,4-6,15H2,1-3H3. The summed E-state index contributed by atoms with van der Waals surface area (Å²) in [4.78, 5) is 11.8. The fraction of sp³-hybridized carbons (Fsp3) is 0.500. The van der Waals surface area contributed by atoms with E-state index < -0.39 is 0 Å². The van der Waals surface area contributed by atoms with Crippen molar-refractivity contribution in [3.8, 4) is 5.75 Å². The molecule has 0 unspecified atom stereocenters. The molecule has 0 bridgehead atoms. The summed E-state index contributed by atoms with van der Waals surface area (Å²) in [6.07, 6.45) is 1.93. The van der Waals surface area contributed by atoms with Crippen LogP contribution >= 0.6 is 0 Å². The molecule has 0 aliphatic rings. The Kier molecular flexibility index (Phi) is 5.49. The quantitative estimate of drug-likeness (QED) is 0.480. The van der Waals surface area contributed by atoms with Crippen molar-refractivity contribution >= 4 is 11.7 Å². The second-order valence-corrected chi connectivity index (χ2v) is 4.67. The Morgan fingerprint density at radius 1 is 1.33 bits per heavy atom. The highest BCUT2D eigenvalue weighted by molar-refractivity contribution is 5.91. The lowest BCUT2D eigenvalue weighted by Crippen LogP contribution is -2.08. The summed E-state index contributed by atoms with van der Waals surface area (Å²) in [5, 5.41) is 0. The molecule has 0 saturated heterocycles. The highest BCUT2D eigenvalue weighted by Crippen LogP contribution is 2.19. The van der Waals surface area contributed by atoms with Crippen molar-refractivity contribution in [2.75, 3.05) is 19.5 Å². The number of hydrogen-bond acceptors (Lipinski definition) is 4. The summed E-state index contributed by atoms with van der Waals surface area (Å²) >= 11 is 0. The Balaban J connectivity index is 2.53. The topological polar surface area (TPSA) is 61.5 Å². The normalized spacial score (nSPS) is 10.4. The number of carbonyl (C=O) groups excluding carboxylic acids is 1. The molecule has 0 saturated carbocycles. The second kappa shape index (κ2) is 6.89. The molecule has 18 heavy (non-hydrogen) atoms. The van der Waals surface area contributed by atoms with Gasteiger partial charge in [0.1, 0.15) is 5.75 Å². The third-order valence-corrected chi connectivity index (χ3v) is 2.56. The zero-order valence-electron chi connectivity index (χ0n) is 11.2. The fourth-order valence-electron chi connectivity index (χ4n) is 1.60. The Bertz CT molecular complexity index is 402. The minimum absolute atomic E-state index is 0.357. The van der Waals surface area contributed by atoms with Crippen LogP contribution in [-0.2, 0) is 4.74 Å².